The van der Waals surface area contributed by atoms with E-state index < -0.39 is 25.4 Å². The van der Waals surface area contributed by atoms with E-state index >= 15 is 0 Å². The topological polar surface area (TPSA) is 98.5 Å². The van der Waals surface area contributed by atoms with Crippen LogP contribution in [0.15, 0.2) is 6.07 Å². The van der Waals surface area contributed by atoms with Crippen molar-refractivity contribution in [2.75, 3.05) is 25.1 Å². The Bertz CT molecular complexity index is 414. The first-order valence-electron chi connectivity index (χ1n) is 5.78. The Kier molecular flexibility index (Phi) is 4.01. The van der Waals surface area contributed by atoms with E-state index in [0.717, 1.165) is 12.8 Å². The minimum atomic E-state index is -1.21. The number of aliphatic hydroxyl groups excluding tert-OH is 3. The molecule has 7 heteroatoms. The number of hydrogen-bond donors (Lipinski definition) is 4. The summed E-state index contributed by atoms with van der Waals surface area (Å²) in [5, 5.41) is 30.8. The Hall–Kier alpha value is -0.950. The van der Waals surface area contributed by atoms with Gasteiger partial charge in [0.2, 0.25) is 0 Å². The molecule has 0 saturated heterocycles. The highest BCUT2D eigenvalue weighted by molar-refractivity contribution is 6.29. The average Bonchev–Trinajstić information content (AvgIpc) is 3.20. The Balaban J connectivity index is 2.21. The van der Waals surface area contributed by atoms with E-state index in [4.69, 9.17) is 11.6 Å². The lowest BCUT2D eigenvalue weighted by molar-refractivity contribution is 0.0831. The van der Waals surface area contributed by atoms with Gasteiger partial charge in [-0.05, 0) is 12.8 Å². The maximum Gasteiger partial charge on any atom is 0.135 e. The normalized spacial score (nSPS) is 15.8. The fourth-order valence-electron chi connectivity index (χ4n) is 1.56. The fourth-order valence-corrected chi connectivity index (χ4v) is 1.75. The van der Waals surface area contributed by atoms with Gasteiger partial charge in [-0.3, -0.25) is 0 Å². The standard InChI is InChI=1S/C11H16ClN3O3/c12-8-3-9(14-10(13-8)7-1-2-7)15-11(4-16,5-17)6-18/h3,7,16-18H,1-2,4-6H2,(H,13,14,15). The first-order chi connectivity index (χ1) is 8.62. The number of nitrogens with zero attached hydrogens (tertiary/aromatic N) is 2. The molecule has 18 heavy (non-hydrogen) atoms. The van der Waals surface area contributed by atoms with Gasteiger partial charge in [0.15, 0.2) is 0 Å². The molecule has 100 valence electrons. The highest BCUT2D eigenvalue weighted by atomic mass is 35.5. The zero-order valence-electron chi connectivity index (χ0n) is 9.80. The molecule has 0 atom stereocenters. The van der Waals surface area contributed by atoms with Crippen molar-refractivity contribution in [3.63, 3.8) is 0 Å². The quantitative estimate of drug-likeness (QED) is 0.550. The van der Waals surface area contributed by atoms with Gasteiger partial charge in [-0.1, -0.05) is 11.6 Å². The van der Waals surface area contributed by atoms with E-state index in [0.29, 0.717) is 22.7 Å². The monoisotopic (exact) mass is 273 g/mol. The number of halogens is 1. The third-order valence-corrected chi connectivity index (χ3v) is 3.15. The SMILES string of the molecule is OCC(CO)(CO)Nc1cc(Cl)nc(C2CC2)n1. The summed E-state index contributed by atoms with van der Waals surface area (Å²) in [6.45, 7) is -1.25. The molecule has 1 heterocycles. The number of rotatable bonds is 6. The molecule has 4 N–H and O–H groups in total. The van der Waals surface area contributed by atoms with Crippen LogP contribution >= 0.6 is 11.6 Å². The van der Waals surface area contributed by atoms with Gasteiger partial charge in [0.05, 0.1) is 19.8 Å². The molecular formula is C11H16ClN3O3. The molecule has 1 aromatic heterocycles. The minimum Gasteiger partial charge on any atom is -0.394 e. The first kappa shape index (κ1) is 13.5. The number of nitrogens with one attached hydrogen (secondary N) is 1. The van der Waals surface area contributed by atoms with E-state index in [-0.39, 0.29) is 0 Å². The maximum atomic E-state index is 9.24. The van der Waals surface area contributed by atoms with E-state index in [1.54, 1.807) is 0 Å². The third-order valence-electron chi connectivity index (χ3n) is 2.96. The van der Waals surface area contributed by atoms with Gasteiger partial charge in [0.1, 0.15) is 22.3 Å². The third kappa shape index (κ3) is 2.89. The smallest absolute Gasteiger partial charge is 0.135 e. The summed E-state index contributed by atoms with van der Waals surface area (Å²) in [6.07, 6.45) is 2.09. The van der Waals surface area contributed by atoms with Crippen molar-refractivity contribution in [2.24, 2.45) is 0 Å². The summed E-state index contributed by atoms with van der Waals surface area (Å²) >= 11 is 5.90. The zero-order chi connectivity index (χ0) is 13.2. The van der Waals surface area contributed by atoms with Crippen molar-refractivity contribution >= 4 is 17.4 Å². The number of hydrogen-bond acceptors (Lipinski definition) is 6. The van der Waals surface area contributed by atoms with Crippen LogP contribution in [0.2, 0.25) is 5.15 Å². The maximum absolute atomic E-state index is 9.24. The molecule has 1 fully saturated rings. The molecule has 1 saturated carbocycles. The van der Waals surface area contributed by atoms with Gasteiger partial charge in [0, 0.05) is 12.0 Å². The van der Waals surface area contributed by atoms with Crippen LogP contribution in [0.25, 0.3) is 0 Å². The highest BCUT2D eigenvalue weighted by Crippen LogP contribution is 2.38. The van der Waals surface area contributed by atoms with Crippen LogP contribution in [0.4, 0.5) is 5.82 Å². The van der Waals surface area contributed by atoms with Crippen molar-refractivity contribution in [1.82, 2.24) is 9.97 Å². The molecule has 6 nitrogen and oxygen atoms in total. The Morgan fingerprint density at radius 3 is 2.33 bits per heavy atom. The molecule has 0 bridgehead atoms. The Labute approximate surface area is 110 Å². The second-order valence-electron chi connectivity index (χ2n) is 4.59. The summed E-state index contributed by atoms with van der Waals surface area (Å²) in [7, 11) is 0. The second-order valence-corrected chi connectivity index (χ2v) is 4.98. The van der Waals surface area contributed by atoms with E-state index in [1.807, 2.05) is 0 Å². The zero-order valence-corrected chi connectivity index (χ0v) is 10.6. The van der Waals surface area contributed by atoms with Crippen molar-refractivity contribution in [2.45, 2.75) is 24.3 Å². The van der Waals surface area contributed by atoms with Crippen LogP contribution in [0.5, 0.6) is 0 Å². The molecular weight excluding hydrogens is 258 g/mol. The lowest BCUT2D eigenvalue weighted by Crippen LogP contribution is -2.49. The van der Waals surface area contributed by atoms with Gasteiger partial charge >= 0.3 is 0 Å². The minimum absolute atomic E-state index is 0.303. The van der Waals surface area contributed by atoms with Crippen LogP contribution in [-0.4, -0.2) is 50.6 Å². The van der Waals surface area contributed by atoms with Gasteiger partial charge in [-0.25, -0.2) is 9.97 Å². The van der Waals surface area contributed by atoms with Gasteiger partial charge in [0.25, 0.3) is 0 Å². The molecule has 0 aliphatic heterocycles. The summed E-state index contributed by atoms with van der Waals surface area (Å²) < 4.78 is 0. The molecule has 2 rings (SSSR count). The number of aliphatic hydroxyl groups is 3. The van der Waals surface area contributed by atoms with Gasteiger partial charge < -0.3 is 20.6 Å². The van der Waals surface area contributed by atoms with E-state index in [1.165, 1.54) is 6.07 Å². The fraction of sp³-hybridized carbons (Fsp3) is 0.636. The van der Waals surface area contributed by atoms with Crippen LogP contribution in [0.1, 0.15) is 24.6 Å². The summed E-state index contributed by atoms with van der Waals surface area (Å²) in [4.78, 5) is 8.41. The lowest BCUT2D eigenvalue weighted by Gasteiger charge is -2.29. The van der Waals surface area contributed by atoms with Crippen molar-refractivity contribution in [3.05, 3.63) is 17.0 Å². The van der Waals surface area contributed by atoms with Crippen LogP contribution in [0, 0.1) is 0 Å². The van der Waals surface area contributed by atoms with E-state index in [2.05, 4.69) is 15.3 Å². The summed E-state index contributed by atoms with van der Waals surface area (Å²) in [5.74, 6) is 1.40. The van der Waals surface area contributed by atoms with Crippen LogP contribution in [-0.2, 0) is 0 Å². The lowest BCUT2D eigenvalue weighted by atomic mass is 10.0. The van der Waals surface area contributed by atoms with Crippen molar-refractivity contribution < 1.29 is 15.3 Å². The molecule has 1 aromatic rings. The largest absolute Gasteiger partial charge is 0.394 e. The molecule has 0 amide bonds. The van der Waals surface area contributed by atoms with Crippen LogP contribution in [0.3, 0.4) is 0 Å². The number of aromatic nitrogens is 2. The summed E-state index contributed by atoms with van der Waals surface area (Å²) in [6, 6.07) is 1.50. The van der Waals surface area contributed by atoms with Gasteiger partial charge in [-0.15, -0.1) is 0 Å². The van der Waals surface area contributed by atoms with E-state index in [9.17, 15) is 15.3 Å². The van der Waals surface area contributed by atoms with Gasteiger partial charge in [-0.2, -0.15) is 0 Å². The first-order valence-corrected chi connectivity index (χ1v) is 6.15. The van der Waals surface area contributed by atoms with Crippen molar-refractivity contribution in [3.8, 4) is 0 Å². The molecule has 1 aliphatic carbocycles. The Morgan fingerprint density at radius 1 is 1.22 bits per heavy atom. The highest BCUT2D eigenvalue weighted by Gasteiger charge is 2.30. The second kappa shape index (κ2) is 5.36. The van der Waals surface area contributed by atoms with Crippen LogP contribution < -0.4 is 5.32 Å². The molecule has 0 unspecified atom stereocenters. The molecule has 0 radical (unpaired) electrons. The Morgan fingerprint density at radius 2 is 1.83 bits per heavy atom. The summed E-state index contributed by atoms with van der Waals surface area (Å²) in [5.41, 5.74) is -1.21. The molecule has 0 spiro atoms. The predicted molar refractivity (Wildman–Crippen MR) is 66.6 cm³/mol. The molecule has 0 aromatic carbocycles. The predicted octanol–water partition coefficient (Wildman–Crippen LogP) is 0.135. The average molecular weight is 274 g/mol. The molecule has 1 aliphatic rings. The number of anilines is 1. The van der Waals surface area contributed by atoms with Crippen molar-refractivity contribution in [1.29, 1.82) is 0 Å².